The van der Waals surface area contributed by atoms with E-state index in [0.29, 0.717) is 17.9 Å². The standard InChI is InChI=1S/C19H26N6O3/c1-13-22-9-14(23-13)17(27)24-18(2)12-19(28-11-15(18)26)3-7-25(8-4-19)16-10-20-5-6-21-16/h5-6,9-10,15,26H,3-4,7-8,11-12H2,1-2H3,(H,22,23)(H,24,27)/t15-,18-/m1/s1. The molecule has 28 heavy (non-hydrogen) atoms. The lowest BCUT2D eigenvalue weighted by atomic mass is 9.74. The SMILES string of the molecule is Cc1ncc(C(=O)N[C@]2(C)CC3(CCN(c4cnccn4)CC3)OC[C@H]2O)[nH]1. The van der Waals surface area contributed by atoms with Gasteiger partial charge in [0.25, 0.3) is 5.91 Å². The maximum absolute atomic E-state index is 12.6. The van der Waals surface area contributed by atoms with E-state index in [-0.39, 0.29) is 18.1 Å². The molecule has 2 atom stereocenters. The summed E-state index contributed by atoms with van der Waals surface area (Å²) in [7, 11) is 0. The molecule has 4 rings (SSSR count). The number of aromatic amines is 1. The number of ether oxygens (including phenoxy) is 1. The Kier molecular flexibility index (Phi) is 4.80. The minimum absolute atomic E-state index is 0.198. The third-order valence-corrected chi connectivity index (χ3v) is 5.87. The van der Waals surface area contributed by atoms with Crippen LogP contribution in [0.2, 0.25) is 0 Å². The van der Waals surface area contributed by atoms with Gasteiger partial charge in [-0.15, -0.1) is 0 Å². The third kappa shape index (κ3) is 3.59. The summed E-state index contributed by atoms with van der Waals surface area (Å²) in [6, 6.07) is 0. The van der Waals surface area contributed by atoms with Crippen molar-refractivity contribution in [2.75, 3.05) is 24.6 Å². The van der Waals surface area contributed by atoms with Crippen molar-refractivity contribution in [3.63, 3.8) is 0 Å². The molecule has 0 aliphatic carbocycles. The zero-order valence-electron chi connectivity index (χ0n) is 16.2. The van der Waals surface area contributed by atoms with Gasteiger partial charge in [-0.25, -0.2) is 9.97 Å². The predicted octanol–water partition coefficient (Wildman–Crippen LogP) is 0.817. The van der Waals surface area contributed by atoms with E-state index in [1.807, 2.05) is 6.92 Å². The summed E-state index contributed by atoms with van der Waals surface area (Å²) in [5.74, 6) is 1.27. The summed E-state index contributed by atoms with van der Waals surface area (Å²) < 4.78 is 6.11. The van der Waals surface area contributed by atoms with E-state index in [1.54, 1.807) is 25.5 Å². The van der Waals surface area contributed by atoms with Gasteiger partial charge < -0.3 is 25.0 Å². The summed E-state index contributed by atoms with van der Waals surface area (Å²) in [6.45, 7) is 5.46. The van der Waals surface area contributed by atoms with E-state index >= 15 is 0 Å². The number of hydrogen-bond donors (Lipinski definition) is 3. The van der Waals surface area contributed by atoms with Crippen LogP contribution < -0.4 is 10.2 Å². The Bertz CT molecular complexity index is 833. The van der Waals surface area contributed by atoms with Crippen LogP contribution in [0, 0.1) is 6.92 Å². The van der Waals surface area contributed by atoms with Crippen LogP contribution in [0.25, 0.3) is 0 Å². The lowest BCUT2D eigenvalue weighted by molar-refractivity contribution is -0.167. The van der Waals surface area contributed by atoms with Gasteiger partial charge in [-0.1, -0.05) is 0 Å². The summed E-state index contributed by atoms with van der Waals surface area (Å²) >= 11 is 0. The Hall–Kier alpha value is -2.52. The number of aliphatic hydroxyl groups excluding tert-OH is 1. The van der Waals surface area contributed by atoms with Crippen molar-refractivity contribution in [1.29, 1.82) is 0 Å². The maximum atomic E-state index is 12.6. The Morgan fingerprint density at radius 2 is 2.11 bits per heavy atom. The molecule has 2 saturated heterocycles. The largest absolute Gasteiger partial charge is 0.388 e. The van der Waals surface area contributed by atoms with Gasteiger partial charge in [0.1, 0.15) is 23.4 Å². The Morgan fingerprint density at radius 3 is 2.75 bits per heavy atom. The number of carbonyl (C=O) groups excluding carboxylic acids is 1. The van der Waals surface area contributed by atoms with Crippen LogP contribution in [0.15, 0.2) is 24.8 Å². The van der Waals surface area contributed by atoms with E-state index in [2.05, 4.69) is 30.2 Å². The van der Waals surface area contributed by atoms with Crippen LogP contribution in [0.3, 0.4) is 0 Å². The topological polar surface area (TPSA) is 116 Å². The van der Waals surface area contributed by atoms with Gasteiger partial charge in [-0.3, -0.25) is 9.78 Å². The minimum Gasteiger partial charge on any atom is -0.388 e. The van der Waals surface area contributed by atoms with Gasteiger partial charge in [0.2, 0.25) is 0 Å². The number of hydrogen-bond acceptors (Lipinski definition) is 7. The molecule has 2 aliphatic heterocycles. The first-order valence-electron chi connectivity index (χ1n) is 9.56. The van der Waals surface area contributed by atoms with Crippen LogP contribution in [0.4, 0.5) is 5.82 Å². The number of aryl methyl sites for hydroxylation is 1. The van der Waals surface area contributed by atoms with Crippen molar-refractivity contribution in [2.24, 2.45) is 0 Å². The average molecular weight is 386 g/mol. The second-order valence-corrected chi connectivity index (χ2v) is 7.99. The van der Waals surface area contributed by atoms with Gasteiger partial charge in [0.05, 0.1) is 30.1 Å². The number of piperidine rings is 1. The number of imidazole rings is 1. The fourth-order valence-corrected chi connectivity index (χ4v) is 4.19. The van der Waals surface area contributed by atoms with Crippen molar-refractivity contribution >= 4 is 11.7 Å². The van der Waals surface area contributed by atoms with Crippen LogP contribution >= 0.6 is 0 Å². The molecule has 2 aromatic heterocycles. The number of H-pyrrole nitrogens is 1. The number of anilines is 1. The van der Waals surface area contributed by atoms with Crippen LogP contribution in [0.5, 0.6) is 0 Å². The average Bonchev–Trinajstić information content (AvgIpc) is 3.13. The highest BCUT2D eigenvalue weighted by atomic mass is 16.5. The summed E-state index contributed by atoms with van der Waals surface area (Å²) in [5, 5.41) is 13.6. The van der Waals surface area contributed by atoms with E-state index in [4.69, 9.17) is 4.74 Å². The maximum Gasteiger partial charge on any atom is 0.269 e. The molecule has 0 unspecified atom stereocenters. The number of aliphatic hydroxyl groups is 1. The highest BCUT2D eigenvalue weighted by Crippen LogP contribution is 2.40. The summed E-state index contributed by atoms with van der Waals surface area (Å²) in [4.78, 5) is 30.3. The number of rotatable bonds is 3. The van der Waals surface area contributed by atoms with E-state index in [9.17, 15) is 9.90 Å². The van der Waals surface area contributed by atoms with Crippen molar-refractivity contribution in [1.82, 2.24) is 25.3 Å². The number of nitrogens with zero attached hydrogens (tertiary/aromatic N) is 4. The first-order chi connectivity index (χ1) is 13.4. The minimum atomic E-state index is -0.775. The van der Waals surface area contributed by atoms with Crippen LogP contribution in [-0.4, -0.2) is 67.9 Å². The first kappa shape index (κ1) is 18.8. The number of nitrogens with one attached hydrogen (secondary N) is 2. The van der Waals surface area contributed by atoms with Gasteiger partial charge in [0.15, 0.2) is 0 Å². The number of aromatic nitrogens is 4. The van der Waals surface area contributed by atoms with Gasteiger partial charge in [-0.05, 0) is 26.7 Å². The van der Waals surface area contributed by atoms with Crippen molar-refractivity contribution in [3.05, 3.63) is 36.3 Å². The third-order valence-electron chi connectivity index (χ3n) is 5.87. The Balaban J connectivity index is 1.45. The van der Waals surface area contributed by atoms with Crippen molar-refractivity contribution < 1.29 is 14.6 Å². The molecule has 2 fully saturated rings. The van der Waals surface area contributed by atoms with Crippen molar-refractivity contribution in [2.45, 2.75) is 50.4 Å². The van der Waals surface area contributed by atoms with Crippen molar-refractivity contribution in [3.8, 4) is 0 Å². The molecule has 0 radical (unpaired) electrons. The second kappa shape index (κ2) is 7.14. The van der Waals surface area contributed by atoms with Gasteiger partial charge in [0, 0.05) is 31.9 Å². The Labute approximate surface area is 163 Å². The molecular weight excluding hydrogens is 360 g/mol. The predicted molar refractivity (Wildman–Crippen MR) is 102 cm³/mol. The molecule has 150 valence electrons. The Morgan fingerprint density at radius 1 is 1.32 bits per heavy atom. The fourth-order valence-electron chi connectivity index (χ4n) is 4.19. The normalized spacial score (nSPS) is 27.0. The lowest BCUT2D eigenvalue weighted by Gasteiger charge is -2.52. The molecule has 9 nitrogen and oxygen atoms in total. The number of carbonyl (C=O) groups is 1. The first-order valence-corrected chi connectivity index (χ1v) is 9.56. The molecule has 4 heterocycles. The fraction of sp³-hybridized carbons (Fsp3) is 0.579. The smallest absolute Gasteiger partial charge is 0.269 e. The highest BCUT2D eigenvalue weighted by molar-refractivity contribution is 5.92. The zero-order chi connectivity index (χ0) is 19.8. The van der Waals surface area contributed by atoms with Crippen LogP contribution in [0.1, 0.15) is 42.5 Å². The number of amides is 1. The molecule has 3 N–H and O–H groups in total. The van der Waals surface area contributed by atoms with Crippen LogP contribution in [-0.2, 0) is 4.74 Å². The van der Waals surface area contributed by atoms with E-state index in [1.165, 1.54) is 6.20 Å². The highest BCUT2D eigenvalue weighted by Gasteiger charge is 2.50. The molecule has 2 aliphatic rings. The van der Waals surface area contributed by atoms with Gasteiger partial charge >= 0.3 is 0 Å². The molecule has 0 bridgehead atoms. The monoisotopic (exact) mass is 386 g/mol. The summed E-state index contributed by atoms with van der Waals surface area (Å²) in [6.07, 6.45) is 8.00. The van der Waals surface area contributed by atoms with E-state index < -0.39 is 11.6 Å². The molecule has 1 amide bonds. The second-order valence-electron chi connectivity index (χ2n) is 7.99. The molecule has 9 heteroatoms. The molecule has 1 spiro atoms. The molecule has 0 aromatic carbocycles. The zero-order valence-corrected chi connectivity index (χ0v) is 16.2. The van der Waals surface area contributed by atoms with E-state index in [0.717, 1.165) is 31.7 Å². The van der Waals surface area contributed by atoms with Gasteiger partial charge in [-0.2, -0.15) is 0 Å². The molecule has 0 saturated carbocycles. The molecular formula is C19H26N6O3. The molecule has 2 aromatic rings. The summed E-state index contributed by atoms with van der Waals surface area (Å²) in [5.41, 5.74) is -0.753. The lowest BCUT2D eigenvalue weighted by Crippen LogP contribution is -2.65. The quantitative estimate of drug-likeness (QED) is 0.715.